The molecule has 1 aliphatic heterocycles. The summed E-state index contributed by atoms with van der Waals surface area (Å²) in [7, 11) is 2.10. The van der Waals surface area contributed by atoms with Gasteiger partial charge in [-0.3, -0.25) is 5.10 Å². The number of ether oxygens (including phenoxy) is 1. The Morgan fingerprint density at radius 3 is 2.53 bits per heavy atom. The van der Waals surface area contributed by atoms with Crippen LogP contribution in [-0.4, -0.2) is 63.3 Å². The second kappa shape index (κ2) is 8.12. The molecule has 5 rings (SSSR count). The molecule has 4 aromatic rings. The van der Waals surface area contributed by atoms with Crippen LogP contribution >= 0.6 is 0 Å². The molecule has 10 heteroatoms. The number of nitrogens with one attached hydrogen (secondary N) is 3. The second-order valence-corrected chi connectivity index (χ2v) is 8.17. The number of likely N-dealkylation sites (N-methyl/N-ethyl adjacent to an activating group) is 1. The van der Waals surface area contributed by atoms with Gasteiger partial charge in [-0.2, -0.15) is 15.1 Å². The molecule has 4 heterocycles. The highest BCUT2D eigenvalue weighted by molar-refractivity contribution is 5.82. The fourth-order valence-corrected chi connectivity index (χ4v) is 3.81. The van der Waals surface area contributed by atoms with E-state index >= 15 is 0 Å². The van der Waals surface area contributed by atoms with Crippen molar-refractivity contribution in [2.75, 3.05) is 43.4 Å². The maximum atomic E-state index is 14.5. The lowest BCUT2D eigenvalue weighted by Gasteiger charge is -2.33. The van der Waals surface area contributed by atoms with Crippen molar-refractivity contribution in [3.63, 3.8) is 0 Å². The van der Waals surface area contributed by atoms with Gasteiger partial charge in [-0.15, -0.1) is 0 Å². The smallest absolute Gasteiger partial charge is 0.325 e. The first-order valence-electron chi connectivity index (χ1n) is 10.5. The zero-order valence-corrected chi connectivity index (χ0v) is 18.2. The van der Waals surface area contributed by atoms with E-state index in [1.165, 1.54) is 6.07 Å². The molecule has 1 fully saturated rings. The number of aromatic amines is 2. The van der Waals surface area contributed by atoms with Crippen LogP contribution in [0.25, 0.3) is 10.9 Å². The number of hydrogen-bond acceptors (Lipinski definition) is 7. The van der Waals surface area contributed by atoms with E-state index in [1.54, 1.807) is 6.07 Å². The van der Waals surface area contributed by atoms with E-state index in [2.05, 4.69) is 47.3 Å². The van der Waals surface area contributed by atoms with Crippen LogP contribution < -0.4 is 15.0 Å². The Morgan fingerprint density at radius 1 is 0.969 bits per heavy atom. The zero-order chi connectivity index (χ0) is 22.2. The van der Waals surface area contributed by atoms with Crippen LogP contribution in [0.1, 0.15) is 11.4 Å². The van der Waals surface area contributed by atoms with Gasteiger partial charge in [0.2, 0.25) is 0 Å². The van der Waals surface area contributed by atoms with Crippen LogP contribution in [-0.2, 0) is 0 Å². The number of benzene rings is 1. The molecule has 1 saturated heterocycles. The Labute approximate surface area is 184 Å². The van der Waals surface area contributed by atoms with E-state index in [4.69, 9.17) is 4.74 Å². The molecule has 1 aromatic carbocycles. The first kappa shape index (κ1) is 20.3. The Hall–Kier alpha value is -3.66. The lowest BCUT2D eigenvalue weighted by atomic mass is 10.2. The highest BCUT2D eigenvalue weighted by atomic mass is 19.1. The lowest BCUT2D eigenvalue weighted by molar-refractivity contribution is 0.311. The number of aromatic nitrogens is 5. The summed E-state index contributed by atoms with van der Waals surface area (Å²) in [5.41, 5.74) is 2.27. The van der Waals surface area contributed by atoms with Crippen LogP contribution in [0.2, 0.25) is 0 Å². The fraction of sp³-hybridized carbons (Fsp3) is 0.318. The molecule has 166 valence electrons. The molecule has 32 heavy (non-hydrogen) atoms. The van der Waals surface area contributed by atoms with Crippen molar-refractivity contribution >= 4 is 28.4 Å². The summed E-state index contributed by atoms with van der Waals surface area (Å²) in [6, 6.07) is 8.89. The van der Waals surface area contributed by atoms with Crippen molar-refractivity contribution in [2.24, 2.45) is 0 Å². The summed E-state index contributed by atoms with van der Waals surface area (Å²) in [5.74, 6) is 1.90. The molecule has 0 unspecified atom stereocenters. The van der Waals surface area contributed by atoms with Crippen molar-refractivity contribution in [1.29, 1.82) is 0 Å². The molecule has 3 aromatic heterocycles. The molecule has 0 bridgehead atoms. The highest BCUT2D eigenvalue weighted by Gasteiger charge is 2.19. The molecular formula is C22H25FN8O. The third-order valence-corrected chi connectivity index (χ3v) is 5.48. The Morgan fingerprint density at radius 2 is 1.78 bits per heavy atom. The molecule has 0 amide bonds. The summed E-state index contributed by atoms with van der Waals surface area (Å²) in [6.07, 6.45) is 0. The third kappa shape index (κ3) is 4.22. The lowest BCUT2D eigenvalue weighted by Crippen LogP contribution is -2.44. The maximum Gasteiger partial charge on any atom is 0.325 e. The molecule has 0 atom stereocenters. The van der Waals surface area contributed by atoms with Crippen molar-refractivity contribution in [3.8, 4) is 11.8 Å². The average molecular weight is 436 g/mol. The van der Waals surface area contributed by atoms with E-state index in [-0.39, 0.29) is 11.8 Å². The zero-order valence-electron chi connectivity index (χ0n) is 18.2. The van der Waals surface area contributed by atoms with Gasteiger partial charge in [-0.1, -0.05) is 0 Å². The Bertz CT molecular complexity index is 1260. The predicted molar refractivity (Wildman–Crippen MR) is 121 cm³/mol. The Balaban J connectivity index is 1.48. The quantitative estimate of drug-likeness (QED) is 0.439. The first-order valence-corrected chi connectivity index (χ1v) is 10.5. The summed E-state index contributed by atoms with van der Waals surface area (Å²) in [6.45, 7) is 7.38. The van der Waals surface area contributed by atoms with Gasteiger partial charge < -0.3 is 24.8 Å². The molecule has 0 saturated carbocycles. The molecule has 0 radical (unpaired) electrons. The van der Waals surface area contributed by atoms with E-state index in [9.17, 15) is 4.39 Å². The van der Waals surface area contributed by atoms with E-state index in [0.29, 0.717) is 22.9 Å². The van der Waals surface area contributed by atoms with E-state index in [0.717, 1.165) is 48.8 Å². The third-order valence-electron chi connectivity index (χ3n) is 5.48. The number of piperazine rings is 1. The highest BCUT2D eigenvalue weighted by Crippen LogP contribution is 2.29. The van der Waals surface area contributed by atoms with Gasteiger partial charge >= 0.3 is 6.01 Å². The summed E-state index contributed by atoms with van der Waals surface area (Å²) in [4.78, 5) is 16.6. The minimum Gasteiger partial charge on any atom is -0.424 e. The van der Waals surface area contributed by atoms with Crippen molar-refractivity contribution in [2.45, 2.75) is 13.8 Å². The minimum atomic E-state index is -0.383. The number of rotatable bonds is 5. The minimum absolute atomic E-state index is 0.141. The molecular weight excluding hydrogens is 411 g/mol. The largest absolute Gasteiger partial charge is 0.424 e. The predicted octanol–water partition coefficient (Wildman–Crippen LogP) is 3.72. The maximum absolute atomic E-state index is 14.5. The first-order chi connectivity index (χ1) is 15.4. The number of anilines is 3. The number of fused-ring (bicyclic) bond motifs is 1. The number of aryl methyl sites for hydroxylation is 2. The topological polar surface area (TPSA) is 98.0 Å². The number of nitrogens with zero attached hydrogens (tertiary/aromatic N) is 5. The fourth-order valence-electron chi connectivity index (χ4n) is 3.81. The van der Waals surface area contributed by atoms with Crippen LogP contribution in [0.5, 0.6) is 11.8 Å². The summed E-state index contributed by atoms with van der Waals surface area (Å²) < 4.78 is 20.5. The van der Waals surface area contributed by atoms with Gasteiger partial charge in [0.15, 0.2) is 11.6 Å². The summed E-state index contributed by atoms with van der Waals surface area (Å²) in [5, 5.41) is 11.0. The molecule has 0 spiro atoms. The van der Waals surface area contributed by atoms with Gasteiger partial charge in [0, 0.05) is 61.2 Å². The molecule has 3 N–H and O–H groups in total. The average Bonchev–Trinajstić information content (AvgIpc) is 3.33. The van der Waals surface area contributed by atoms with Crippen molar-refractivity contribution in [3.05, 3.63) is 47.5 Å². The van der Waals surface area contributed by atoms with Gasteiger partial charge in [-0.05, 0) is 33.0 Å². The SMILES string of the molecule is Cc1cc(Nc2cc(N3CCN(C)CC3)nc(Oc3cc(F)c4[nH]c(C)cc4c3)n2)n[nH]1. The van der Waals surface area contributed by atoms with E-state index in [1.807, 2.05) is 32.0 Å². The number of H-pyrrole nitrogens is 2. The molecule has 1 aliphatic rings. The molecule has 0 aliphatic carbocycles. The van der Waals surface area contributed by atoms with Crippen LogP contribution in [0.3, 0.4) is 0 Å². The normalized spacial score (nSPS) is 14.8. The van der Waals surface area contributed by atoms with Gasteiger partial charge in [0.25, 0.3) is 0 Å². The van der Waals surface area contributed by atoms with Gasteiger partial charge in [-0.25, -0.2) is 4.39 Å². The van der Waals surface area contributed by atoms with Gasteiger partial charge in [0.1, 0.15) is 17.4 Å². The van der Waals surface area contributed by atoms with Gasteiger partial charge in [0.05, 0.1) is 5.52 Å². The number of halogens is 1. The molecule has 9 nitrogen and oxygen atoms in total. The standard InChI is InChI=1S/C22H25FN8O/c1-13-8-15-10-16(11-17(23)21(15)24-13)32-22-26-18(25-19-9-14(2)28-29-19)12-20(27-22)31-6-4-30(3)5-7-31/h8-12,24H,4-7H2,1-3H3,(H2,25,26,27,28,29). The van der Waals surface area contributed by atoms with Crippen LogP contribution in [0, 0.1) is 19.7 Å². The van der Waals surface area contributed by atoms with E-state index < -0.39 is 0 Å². The van der Waals surface area contributed by atoms with Crippen LogP contribution in [0.4, 0.5) is 21.8 Å². The van der Waals surface area contributed by atoms with Crippen LogP contribution in [0.15, 0.2) is 30.3 Å². The second-order valence-electron chi connectivity index (χ2n) is 8.17. The van der Waals surface area contributed by atoms with Crippen molar-refractivity contribution in [1.82, 2.24) is 30.0 Å². The monoisotopic (exact) mass is 436 g/mol. The Kier molecular flexibility index (Phi) is 5.14. The summed E-state index contributed by atoms with van der Waals surface area (Å²) >= 11 is 0. The van der Waals surface area contributed by atoms with Crippen molar-refractivity contribution < 1.29 is 9.13 Å². The number of hydrogen-bond donors (Lipinski definition) is 3.